The second-order valence-corrected chi connectivity index (χ2v) is 5.52. The lowest BCUT2D eigenvalue weighted by molar-refractivity contribution is -0.157. The fourth-order valence-corrected chi connectivity index (χ4v) is 2.86. The van der Waals surface area contributed by atoms with E-state index in [9.17, 15) is 27.9 Å². The van der Waals surface area contributed by atoms with Crippen molar-refractivity contribution in [3.05, 3.63) is 41.7 Å². The van der Waals surface area contributed by atoms with E-state index >= 15 is 0 Å². The summed E-state index contributed by atoms with van der Waals surface area (Å²) in [5, 5.41) is 11.6. The molecule has 0 radical (unpaired) electrons. The van der Waals surface area contributed by atoms with Crippen molar-refractivity contribution in [2.75, 3.05) is 12.4 Å². The van der Waals surface area contributed by atoms with Gasteiger partial charge >= 0.3 is 12.1 Å². The highest BCUT2D eigenvalue weighted by molar-refractivity contribution is 6.03. The van der Waals surface area contributed by atoms with Crippen molar-refractivity contribution >= 4 is 17.6 Å². The first kappa shape index (κ1) is 16.9. The van der Waals surface area contributed by atoms with Crippen LogP contribution < -0.4 is 10.1 Å². The normalized spacial score (nSPS) is 17.0. The summed E-state index contributed by atoms with van der Waals surface area (Å²) in [6.07, 6.45) is -4.40. The summed E-state index contributed by atoms with van der Waals surface area (Å²) in [5.41, 5.74) is -0.681. The van der Waals surface area contributed by atoms with Gasteiger partial charge in [-0.15, -0.1) is 0 Å². The zero-order valence-corrected chi connectivity index (χ0v) is 12.9. The van der Waals surface area contributed by atoms with E-state index in [0.29, 0.717) is 11.4 Å². The number of amides is 1. The predicted octanol–water partition coefficient (Wildman–Crippen LogP) is 3.17. The van der Waals surface area contributed by atoms with Crippen LogP contribution in [0.4, 0.5) is 18.9 Å². The topological polar surface area (TPSA) is 80.6 Å². The number of fused-ring (bicyclic) bond motifs is 1. The molecule has 0 spiro atoms. The number of nitrogens with one attached hydrogen (secondary N) is 1. The Balaban J connectivity index is 2.24. The van der Waals surface area contributed by atoms with Gasteiger partial charge in [0, 0.05) is 18.3 Å². The molecule has 1 amide bonds. The molecule has 0 unspecified atom stereocenters. The number of hydrogen-bond acceptors (Lipinski definition) is 3. The molecule has 1 aromatic heterocycles. The maximum Gasteiger partial charge on any atom is 0.397 e. The SMILES string of the molecule is COc1ccc(-n2cc(C(=O)O)c3c2[C@@H](C(F)(F)F)CC(=O)N3)cc1. The van der Waals surface area contributed by atoms with Crippen LogP contribution in [0.5, 0.6) is 5.75 Å². The Labute approximate surface area is 139 Å². The Kier molecular flexibility index (Phi) is 3.94. The van der Waals surface area contributed by atoms with Gasteiger partial charge in [0.15, 0.2) is 0 Å². The lowest BCUT2D eigenvalue weighted by atomic mass is 9.94. The largest absolute Gasteiger partial charge is 0.497 e. The molecule has 0 saturated heterocycles. The van der Waals surface area contributed by atoms with Crippen LogP contribution in [-0.2, 0) is 4.79 Å². The number of nitrogens with zero attached hydrogens (tertiary/aromatic N) is 1. The standard InChI is InChI=1S/C16H13F3N2O4/c1-25-9-4-2-8(3-5-9)21-7-10(15(23)24)13-14(21)11(16(17,18)19)6-12(22)20-13/h2-5,7,11H,6H2,1H3,(H,20,22)(H,23,24)/t11-/m0/s1. The quantitative estimate of drug-likeness (QED) is 0.887. The van der Waals surface area contributed by atoms with Gasteiger partial charge in [0.05, 0.1) is 18.5 Å². The van der Waals surface area contributed by atoms with Gasteiger partial charge in [-0.25, -0.2) is 4.79 Å². The number of alkyl halides is 3. The first-order chi connectivity index (χ1) is 11.7. The summed E-state index contributed by atoms with van der Waals surface area (Å²) in [7, 11) is 1.45. The number of methoxy groups -OCH3 is 1. The van der Waals surface area contributed by atoms with Gasteiger partial charge in [0.1, 0.15) is 17.2 Å². The Bertz CT molecular complexity index is 840. The number of ether oxygens (including phenoxy) is 1. The Morgan fingerprint density at radius 3 is 2.48 bits per heavy atom. The van der Waals surface area contributed by atoms with Crippen LogP contribution in [0, 0.1) is 0 Å². The van der Waals surface area contributed by atoms with Gasteiger partial charge in [-0.3, -0.25) is 4.79 Å². The molecule has 25 heavy (non-hydrogen) atoms. The van der Waals surface area contributed by atoms with E-state index in [2.05, 4.69) is 5.32 Å². The third kappa shape index (κ3) is 2.92. The number of carboxylic acid groups (broad SMARTS) is 1. The summed E-state index contributed by atoms with van der Waals surface area (Å²) in [6.45, 7) is 0. The van der Waals surface area contributed by atoms with E-state index in [-0.39, 0.29) is 11.4 Å². The molecule has 9 heteroatoms. The van der Waals surface area contributed by atoms with E-state index in [4.69, 9.17) is 4.74 Å². The van der Waals surface area contributed by atoms with E-state index in [0.717, 1.165) is 10.8 Å². The molecule has 6 nitrogen and oxygen atoms in total. The minimum absolute atomic E-state index is 0.297. The van der Waals surface area contributed by atoms with E-state index in [1.165, 1.54) is 19.2 Å². The van der Waals surface area contributed by atoms with E-state index in [1.54, 1.807) is 12.1 Å². The van der Waals surface area contributed by atoms with Crippen molar-refractivity contribution in [2.45, 2.75) is 18.5 Å². The maximum atomic E-state index is 13.5. The molecular weight excluding hydrogens is 341 g/mol. The molecule has 2 heterocycles. The second-order valence-electron chi connectivity index (χ2n) is 5.52. The highest BCUT2D eigenvalue weighted by Gasteiger charge is 2.48. The average molecular weight is 354 g/mol. The van der Waals surface area contributed by atoms with Gasteiger partial charge in [-0.2, -0.15) is 13.2 Å². The molecular formula is C16H13F3N2O4. The van der Waals surface area contributed by atoms with Crippen LogP contribution >= 0.6 is 0 Å². The maximum absolute atomic E-state index is 13.5. The summed E-state index contributed by atoms with van der Waals surface area (Å²) < 4.78 is 46.5. The molecule has 132 valence electrons. The zero-order chi connectivity index (χ0) is 18.4. The van der Waals surface area contributed by atoms with E-state index in [1.807, 2.05) is 0 Å². The number of aromatic carboxylic acids is 1. The monoisotopic (exact) mass is 354 g/mol. The Morgan fingerprint density at radius 2 is 1.96 bits per heavy atom. The van der Waals surface area contributed by atoms with Gasteiger partial charge in [-0.1, -0.05) is 0 Å². The molecule has 1 aliphatic rings. The number of carboxylic acids is 1. The van der Waals surface area contributed by atoms with Crippen LogP contribution in [0.3, 0.4) is 0 Å². The smallest absolute Gasteiger partial charge is 0.397 e. The fourth-order valence-electron chi connectivity index (χ4n) is 2.86. The second kappa shape index (κ2) is 5.83. The van der Waals surface area contributed by atoms with Crippen molar-refractivity contribution in [1.82, 2.24) is 4.57 Å². The summed E-state index contributed by atoms with van der Waals surface area (Å²) in [4.78, 5) is 23.1. The van der Waals surface area contributed by atoms with Crippen LogP contribution in [0.25, 0.3) is 5.69 Å². The van der Waals surface area contributed by atoms with Crippen molar-refractivity contribution < 1.29 is 32.6 Å². The third-order valence-corrected chi connectivity index (χ3v) is 4.00. The minimum Gasteiger partial charge on any atom is -0.497 e. The predicted molar refractivity (Wildman–Crippen MR) is 81.3 cm³/mol. The van der Waals surface area contributed by atoms with E-state index < -0.39 is 36.0 Å². The average Bonchev–Trinajstić information content (AvgIpc) is 2.92. The van der Waals surface area contributed by atoms with Gasteiger partial charge in [-0.05, 0) is 24.3 Å². The van der Waals surface area contributed by atoms with Gasteiger partial charge in [0.25, 0.3) is 0 Å². The first-order valence-corrected chi connectivity index (χ1v) is 7.22. The van der Waals surface area contributed by atoms with Crippen LogP contribution in [-0.4, -0.2) is 34.8 Å². The number of rotatable bonds is 3. The number of benzene rings is 1. The Hall–Kier alpha value is -2.97. The number of carbonyl (C=O) groups is 2. The molecule has 3 rings (SSSR count). The number of carbonyl (C=O) groups excluding carboxylic acids is 1. The Morgan fingerprint density at radius 1 is 1.32 bits per heavy atom. The number of halogens is 3. The minimum atomic E-state index is -4.69. The molecule has 1 aliphatic heterocycles. The molecule has 0 bridgehead atoms. The van der Waals surface area contributed by atoms with Crippen LogP contribution in [0.15, 0.2) is 30.5 Å². The first-order valence-electron chi connectivity index (χ1n) is 7.22. The van der Waals surface area contributed by atoms with Gasteiger partial charge < -0.3 is 19.7 Å². The lowest BCUT2D eigenvalue weighted by Gasteiger charge is -2.27. The molecule has 2 aromatic rings. The van der Waals surface area contributed by atoms with Crippen LogP contribution in [0.1, 0.15) is 28.4 Å². The molecule has 2 N–H and O–H groups in total. The number of anilines is 1. The van der Waals surface area contributed by atoms with Crippen LogP contribution in [0.2, 0.25) is 0 Å². The molecule has 0 saturated carbocycles. The summed E-state index contributed by atoms with van der Waals surface area (Å²) in [5.74, 6) is -3.88. The molecule has 0 aliphatic carbocycles. The van der Waals surface area contributed by atoms with Crippen molar-refractivity contribution in [1.29, 1.82) is 0 Å². The number of hydrogen-bond donors (Lipinski definition) is 2. The lowest BCUT2D eigenvalue weighted by Crippen LogP contribution is -2.33. The highest BCUT2D eigenvalue weighted by atomic mass is 19.4. The molecule has 1 aromatic carbocycles. The molecule has 0 fully saturated rings. The fraction of sp³-hybridized carbons (Fsp3) is 0.250. The number of aromatic nitrogens is 1. The zero-order valence-electron chi connectivity index (χ0n) is 12.9. The van der Waals surface area contributed by atoms with Crippen molar-refractivity contribution in [3.8, 4) is 11.4 Å². The highest BCUT2D eigenvalue weighted by Crippen LogP contribution is 2.46. The van der Waals surface area contributed by atoms with Crippen molar-refractivity contribution in [2.24, 2.45) is 0 Å². The summed E-state index contributed by atoms with van der Waals surface area (Å²) in [6, 6.07) is 6.11. The molecule has 1 atom stereocenters. The third-order valence-electron chi connectivity index (χ3n) is 4.00. The van der Waals surface area contributed by atoms with Gasteiger partial charge in [0.2, 0.25) is 5.91 Å². The van der Waals surface area contributed by atoms with Crippen molar-refractivity contribution in [3.63, 3.8) is 0 Å². The summed E-state index contributed by atoms with van der Waals surface area (Å²) >= 11 is 0.